The summed E-state index contributed by atoms with van der Waals surface area (Å²) in [6.45, 7) is 0.335. The Hall–Kier alpha value is -2.29. The molecule has 6 nitrogen and oxygen atoms in total. The minimum absolute atomic E-state index is 0.00676. The molecule has 0 fully saturated rings. The molecule has 3 rings (SSSR count). The van der Waals surface area contributed by atoms with Crippen LogP contribution >= 0.6 is 18.2 Å². The number of nitrogens with zero attached hydrogens (tertiary/aromatic N) is 2. The molecule has 0 aliphatic rings. The molecule has 11 heteroatoms. The van der Waals surface area contributed by atoms with Crippen LogP contribution in [0.5, 0.6) is 11.5 Å². The number of hydrogen-bond donors (Lipinski definition) is 1. The van der Waals surface area contributed by atoms with Crippen LogP contribution in [0.4, 0.5) is 13.2 Å². The quantitative estimate of drug-likeness (QED) is 0.366. The highest BCUT2D eigenvalue weighted by Crippen LogP contribution is 2.61. The van der Waals surface area contributed by atoms with Crippen LogP contribution in [0.1, 0.15) is 25.8 Å². The largest absolute Gasteiger partial charge is 0.504 e. The van der Waals surface area contributed by atoms with Gasteiger partial charge in [-0.15, -0.1) is 0 Å². The lowest BCUT2D eigenvalue weighted by Gasteiger charge is -2.18. The maximum Gasteiger partial charge on any atom is 0.440 e. The average molecular weight is 472 g/mol. The molecule has 0 aliphatic heterocycles. The molecule has 1 heterocycles. The van der Waals surface area contributed by atoms with E-state index in [-0.39, 0.29) is 29.1 Å². The smallest absolute Gasteiger partial charge is 0.440 e. The minimum Gasteiger partial charge on any atom is -0.504 e. The fourth-order valence-electron chi connectivity index (χ4n) is 2.65. The highest BCUT2D eigenvalue weighted by Gasteiger charge is 2.31. The van der Waals surface area contributed by atoms with E-state index in [1.165, 1.54) is 24.4 Å². The molecule has 1 unspecified atom stereocenters. The third-order valence-corrected chi connectivity index (χ3v) is 8.01. The molecule has 0 aliphatic carbocycles. The van der Waals surface area contributed by atoms with E-state index in [0.717, 1.165) is 29.9 Å². The van der Waals surface area contributed by atoms with Crippen molar-refractivity contribution in [2.45, 2.75) is 26.4 Å². The number of fused-ring (bicyclic) bond motifs is 1. The maximum atomic E-state index is 12.9. The highest BCUT2D eigenvalue weighted by atomic mass is 32.7. The van der Waals surface area contributed by atoms with Gasteiger partial charge in [-0.1, -0.05) is 6.92 Å². The van der Waals surface area contributed by atoms with Gasteiger partial charge in [-0.2, -0.15) is 13.2 Å². The topological polar surface area (TPSA) is 81.5 Å². The number of aromatic nitrogens is 2. The van der Waals surface area contributed by atoms with E-state index in [9.17, 15) is 22.8 Å². The number of phenols is 1. The van der Waals surface area contributed by atoms with Gasteiger partial charge in [0.15, 0.2) is 11.5 Å². The molecule has 3 aromatic rings. The van der Waals surface area contributed by atoms with Gasteiger partial charge in [0, 0.05) is 11.3 Å². The Morgan fingerprint density at radius 1 is 1.13 bits per heavy atom. The molecule has 1 atom stereocenters. The number of aromatic hydroxyl groups is 1. The molecule has 0 bridgehead atoms. The summed E-state index contributed by atoms with van der Waals surface area (Å²) in [4.78, 5) is 8.38. The summed E-state index contributed by atoms with van der Waals surface area (Å²) >= 11 is 1.05. The first-order valence-electron chi connectivity index (χ1n) is 9.41. The molecule has 1 aromatic heterocycles. The predicted octanol–water partition coefficient (Wildman–Crippen LogP) is 6.69. The van der Waals surface area contributed by atoms with Crippen LogP contribution in [0, 0.1) is 0 Å². The van der Waals surface area contributed by atoms with Crippen LogP contribution < -0.4 is 4.52 Å². The van der Waals surface area contributed by atoms with Crippen LogP contribution in [0.25, 0.3) is 22.3 Å². The monoisotopic (exact) mass is 472 g/mol. The van der Waals surface area contributed by atoms with Crippen molar-refractivity contribution >= 4 is 29.2 Å². The fraction of sp³-hybridized carbons (Fsp3) is 0.300. The zero-order chi connectivity index (χ0) is 22.6. The molecule has 0 saturated carbocycles. The second-order valence-electron chi connectivity index (χ2n) is 6.43. The van der Waals surface area contributed by atoms with E-state index in [0.29, 0.717) is 17.0 Å². The molecule has 0 saturated heterocycles. The Balaban J connectivity index is 1.88. The number of benzene rings is 2. The first-order chi connectivity index (χ1) is 14.6. The van der Waals surface area contributed by atoms with Crippen molar-refractivity contribution in [3.63, 3.8) is 0 Å². The van der Waals surface area contributed by atoms with Crippen molar-refractivity contribution in [1.29, 1.82) is 0 Å². The van der Waals surface area contributed by atoms with E-state index in [4.69, 9.17) is 9.05 Å². The third kappa shape index (κ3) is 5.70. The van der Waals surface area contributed by atoms with E-state index in [1.807, 2.05) is 6.92 Å². The zero-order valence-electron chi connectivity index (χ0n) is 16.7. The summed E-state index contributed by atoms with van der Waals surface area (Å²) in [5.74, 6) is 0.287. The fourth-order valence-corrected chi connectivity index (χ4v) is 6.11. The van der Waals surface area contributed by atoms with E-state index in [1.54, 1.807) is 13.0 Å². The second kappa shape index (κ2) is 9.46. The van der Waals surface area contributed by atoms with Crippen LogP contribution in [0.2, 0.25) is 0 Å². The van der Waals surface area contributed by atoms with Crippen molar-refractivity contribution in [3.05, 3.63) is 48.2 Å². The highest BCUT2D eigenvalue weighted by molar-refractivity contribution is 8.55. The zero-order valence-corrected chi connectivity index (χ0v) is 18.4. The van der Waals surface area contributed by atoms with Crippen LogP contribution in [-0.2, 0) is 15.3 Å². The Labute approximate surface area is 181 Å². The minimum atomic E-state index is -4.47. The molecule has 2 aromatic carbocycles. The number of hydrogen-bond acceptors (Lipinski definition) is 7. The number of halogens is 3. The lowest BCUT2D eigenvalue weighted by molar-refractivity contribution is -0.137. The van der Waals surface area contributed by atoms with E-state index >= 15 is 0 Å². The molecular formula is C20H20F3N2O4PS. The van der Waals surface area contributed by atoms with Crippen LogP contribution in [-0.4, -0.2) is 27.4 Å². The van der Waals surface area contributed by atoms with E-state index in [2.05, 4.69) is 9.97 Å². The molecular weight excluding hydrogens is 452 g/mol. The number of phenolic OH excluding ortho intramolecular Hbond substituents is 1. The van der Waals surface area contributed by atoms with Gasteiger partial charge in [-0.3, -0.25) is 9.51 Å². The Morgan fingerprint density at radius 3 is 2.55 bits per heavy atom. The van der Waals surface area contributed by atoms with Gasteiger partial charge in [0.2, 0.25) is 0 Å². The average Bonchev–Trinajstić information content (AvgIpc) is 2.72. The summed E-state index contributed by atoms with van der Waals surface area (Å²) in [5, 5.41) is 10.4. The van der Waals surface area contributed by atoms with Gasteiger partial charge in [0.05, 0.1) is 35.1 Å². The van der Waals surface area contributed by atoms with Crippen LogP contribution in [0.3, 0.4) is 0 Å². The van der Waals surface area contributed by atoms with Gasteiger partial charge in [0.25, 0.3) is 0 Å². The summed E-state index contributed by atoms with van der Waals surface area (Å²) in [6.07, 6.45) is -2.37. The van der Waals surface area contributed by atoms with Gasteiger partial charge < -0.3 is 9.63 Å². The number of alkyl halides is 3. The van der Waals surface area contributed by atoms with Gasteiger partial charge in [0.1, 0.15) is 0 Å². The Bertz CT molecular complexity index is 1130. The van der Waals surface area contributed by atoms with Gasteiger partial charge >= 0.3 is 13.0 Å². The Morgan fingerprint density at radius 2 is 1.90 bits per heavy atom. The van der Waals surface area contributed by atoms with Crippen molar-refractivity contribution in [2.75, 3.05) is 12.4 Å². The standard InChI is InChI=1S/C20H20F3N2O4PS/c1-3-9-31-30(27,28-4-2)29-19-8-5-13(10-18(19)26)17-12-24-16-11-14(20(21,22)23)6-7-15(16)25-17/h5-8,10-12,26H,3-4,9H2,1-2H3. The summed E-state index contributed by atoms with van der Waals surface area (Å²) < 4.78 is 62.1. The van der Waals surface area contributed by atoms with Crippen molar-refractivity contribution in [3.8, 4) is 22.8 Å². The summed E-state index contributed by atoms with van der Waals surface area (Å²) in [6, 6.07) is 7.48. The first-order valence-corrected chi connectivity index (χ1v) is 12.5. The molecule has 166 valence electrons. The maximum absolute atomic E-state index is 12.9. The lowest BCUT2D eigenvalue weighted by Crippen LogP contribution is -2.04. The molecule has 31 heavy (non-hydrogen) atoms. The second-order valence-corrected chi connectivity index (χ2v) is 10.5. The first kappa shape index (κ1) is 23.4. The molecule has 0 radical (unpaired) electrons. The normalized spacial score (nSPS) is 13.8. The summed E-state index contributed by atoms with van der Waals surface area (Å²) in [5.41, 5.74) is 0.394. The Kier molecular flexibility index (Phi) is 7.13. The van der Waals surface area contributed by atoms with Crippen molar-refractivity contribution in [1.82, 2.24) is 9.97 Å². The number of rotatable bonds is 8. The third-order valence-electron chi connectivity index (χ3n) is 4.08. The summed E-state index contributed by atoms with van der Waals surface area (Å²) in [7, 11) is 0. The van der Waals surface area contributed by atoms with Gasteiger partial charge in [-0.05, 0) is 61.1 Å². The van der Waals surface area contributed by atoms with E-state index < -0.39 is 18.5 Å². The predicted molar refractivity (Wildman–Crippen MR) is 114 cm³/mol. The SMILES string of the molecule is CCCSP(=O)(OCC)Oc1ccc(-c2cnc3cc(C(F)(F)F)ccc3n2)cc1O. The van der Waals surface area contributed by atoms with Crippen molar-refractivity contribution in [2.24, 2.45) is 0 Å². The molecule has 1 N–H and O–H groups in total. The van der Waals surface area contributed by atoms with Crippen LogP contribution in [0.15, 0.2) is 42.6 Å². The lowest BCUT2D eigenvalue weighted by atomic mass is 10.1. The van der Waals surface area contributed by atoms with Gasteiger partial charge in [-0.25, -0.2) is 9.55 Å². The van der Waals surface area contributed by atoms with Crippen molar-refractivity contribution < 1.29 is 31.9 Å². The molecule has 0 spiro atoms. The molecule has 0 amide bonds.